The lowest BCUT2D eigenvalue weighted by Gasteiger charge is -2.04. The lowest BCUT2D eigenvalue weighted by atomic mass is 10.2. The minimum atomic E-state index is -0.264. The van der Waals surface area contributed by atoms with Gasteiger partial charge in [-0.3, -0.25) is 10.1 Å². The number of nitrogens with zero attached hydrogens (tertiary/aromatic N) is 2. The van der Waals surface area contributed by atoms with Crippen LogP contribution in [-0.2, 0) is 0 Å². The molecule has 0 aromatic carbocycles. The van der Waals surface area contributed by atoms with Crippen LogP contribution in [0.5, 0.6) is 0 Å². The number of nitrogen functional groups attached to an aromatic ring is 1. The number of hydrogen-bond acceptors (Lipinski definition) is 5. The number of nitrogens with two attached hydrogens (primary N) is 1. The second-order valence-corrected chi connectivity index (χ2v) is 5.05. The molecule has 0 aliphatic heterocycles. The number of carbonyl (C=O) groups excluding carboxylic acids is 1. The number of aromatic nitrogens is 2. The average Bonchev–Trinajstić information content (AvgIpc) is 2.67. The Hall–Kier alpha value is -1.47. The van der Waals surface area contributed by atoms with Crippen LogP contribution in [0.25, 0.3) is 0 Å². The summed E-state index contributed by atoms with van der Waals surface area (Å²) in [7, 11) is 0. The molecule has 0 unspecified atom stereocenters. The third-order valence-electron chi connectivity index (χ3n) is 1.96. The highest BCUT2D eigenvalue weighted by Gasteiger charge is 2.12. The van der Waals surface area contributed by atoms with Crippen LogP contribution >= 0.6 is 27.3 Å². The van der Waals surface area contributed by atoms with Crippen molar-refractivity contribution in [1.82, 2.24) is 9.97 Å². The first-order valence-corrected chi connectivity index (χ1v) is 6.38. The Balaban J connectivity index is 2.22. The molecule has 2 aromatic heterocycles. The van der Waals surface area contributed by atoms with Crippen LogP contribution < -0.4 is 11.1 Å². The van der Waals surface area contributed by atoms with E-state index in [1.807, 2.05) is 12.3 Å². The molecule has 0 saturated carbocycles. The summed E-state index contributed by atoms with van der Waals surface area (Å²) in [5, 5.41) is 5.13. The fourth-order valence-electron chi connectivity index (χ4n) is 1.20. The maximum atomic E-state index is 11.9. The molecule has 1 amide bonds. The van der Waals surface area contributed by atoms with Crippen LogP contribution in [0, 0.1) is 6.92 Å². The maximum Gasteiger partial charge on any atom is 0.258 e. The summed E-state index contributed by atoms with van der Waals surface area (Å²) in [4.78, 5) is 20.0. The first kappa shape index (κ1) is 12.0. The van der Waals surface area contributed by atoms with Crippen molar-refractivity contribution < 1.29 is 4.79 Å². The lowest BCUT2D eigenvalue weighted by molar-refractivity contribution is 0.102. The van der Waals surface area contributed by atoms with Gasteiger partial charge in [-0.15, -0.1) is 11.3 Å². The van der Waals surface area contributed by atoms with Gasteiger partial charge in [0.1, 0.15) is 5.82 Å². The van der Waals surface area contributed by atoms with Crippen molar-refractivity contribution in [2.45, 2.75) is 6.92 Å². The van der Waals surface area contributed by atoms with Gasteiger partial charge in [0, 0.05) is 16.0 Å². The van der Waals surface area contributed by atoms with Crippen molar-refractivity contribution in [2.24, 2.45) is 0 Å². The number of nitrogens with one attached hydrogen (secondary N) is 1. The molecule has 0 radical (unpaired) electrons. The molecule has 2 aromatic rings. The first-order valence-electron chi connectivity index (χ1n) is 4.71. The predicted octanol–water partition coefficient (Wildman–Crippen LogP) is 2.44. The van der Waals surface area contributed by atoms with Crippen molar-refractivity contribution in [3.05, 3.63) is 33.4 Å². The van der Waals surface area contributed by atoms with Crippen LogP contribution in [0.15, 0.2) is 22.1 Å². The molecule has 0 fully saturated rings. The van der Waals surface area contributed by atoms with Gasteiger partial charge in [-0.25, -0.2) is 9.97 Å². The highest BCUT2D eigenvalue weighted by molar-refractivity contribution is 9.10. The van der Waals surface area contributed by atoms with Crippen molar-refractivity contribution in [2.75, 3.05) is 11.1 Å². The molecule has 7 heteroatoms. The van der Waals surface area contributed by atoms with Crippen LogP contribution in [-0.4, -0.2) is 15.9 Å². The third-order valence-corrected chi connectivity index (χ3v) is 3.47. The minimum Gasteiger partial charge on any atom is -0.384 e. The number of halogens is 1. The normalized spacial score (nSPS) is 10.2. The van der Waals surface area contributed by atoms with Gasteiger partial charge >= 0.3 is 0 Å². The molecule has 2 heterocycles. The minimum absolute atomic E-state index is 0.264. The molecule has 0 aliphatic carbocycles. The van der Waals surface area contributed by atoms with E-state index in [1.54, 1.807) is 0 Å². The maximum absolute atomic E-state index is 11.9. The van der Waals surface area contributed by atoms with E-state index in [2.05, 4.69) is 31.2 Å². The Morgan fingerprint density at radius 3 is 3.00 bits per heavy atom. The van der Waals surface area contributed by atoms with Crippen molar-refractivity contribution in [1.29, 1.82) is 0 Å². The monoisotopic (exact) mass is 312 g/mol. The molecule has 0 bridgehead atoms. The first-order chi connectivity index (χ1) is 8.06. The Morgan fingerprint density at radius 1 is 1.59 bits per heavy atom. The summed E-state index contributed by atoms with van der Waals surface area (Å²) in [5.74, 6) is 0.0361. The molecule has 0 spiro atoms. The summed E-state index contributed by atoms with van der Waals surface area (Å²) < 4.78 is 0.595. The zero-order chi connectivity index (χ0) is 12.4. The molecular formula is C10H9BrN4OS. The predicted molar refractivity (Wildman–Crippen MR) is 71.2 cm³/mol. The number of pyridine rings is 1. The van der Waals surface area contributed by atoms with E-state index in [0.717, 1.165) is 5.69 Å². The zero-order valence-corrected chi connectivity index (χ0v) is 11.3. The fourth-order valence-corrected chi connectivity index (χ4v) is 2.28. The van der Waals surface area contributed by atoms with E-state index >= 15 is 0 Å². The molecule has 5 nitrogen and oxygen atoms in total. The SMILES string of the molecule is Cc1csc(NC(=O)c2cc(N)ncc2Br)n1. The molecular weight excluding hydrogens is 304 g/mol. The van der Waals surface area contributed by atoms with E-state index in [0.29, 0.717) is 21.0 Å². The van der Waals surface area contributed by atoms with E-state index in [4.69, 9.17) is 5.73 Å². The van der Waals surface area contributed by atoms with Crippen molar-refractivity contribution in [3.8, 4) is 0 Å². The highest BCUT2D eigenvalue weighted by atomic mass is 79.9. The van der Waals surface area contributed by atoms with E-state index in [9.17, 15) is 4.79 Å². The average molecular weight is 313 g/mol. The summed E-state index contributed by atoms with van der Waals surface area (Å²) in [5.41, 5.74) is 6.85. The molecule has 0 saturated heterocycles. The zero-order valence-electron chi connectivity index (χ0n) is 8.90. The number of aryl methyl sites for hydroxylation is 1. The molecule has 0 aliphatic rings. The molecule has 3 N–H and O–H groups in total. The van der Waals surface area contributed by atoms with Crippen LogP contribution in [0.3, 0.4) is 0 Å². The summed E-state index contributed by atoms with van der Waals surface area (Å²) in [6.07, 6.45) is 1.50. The van der Waals surface area contributed by atoms with Gasteiger partial charge in [0.25, 0.3) is 5.91 Å². The van der Waals surface area contributed by atoms with Crippen LogP contribution in [0.2, 0.25) is 0 Å². The number of thiazole rings is 1. The molecule has 88 valence electrons. The Bertz CT molecular complexity index is 569. The summed E-state index contributed by atoms with van der Waals surface area (Å²) in [6.45, 7) is 1.87. The van der Waals surface area contributed by atoms with Crippen LogP contribution in [0.4, 0.5) is 10.9 Å². The van der Waals surface area contributed by atoms with Crippen molar-refractivity contribution in [3.63, 3.8) is 0 Å². The Morgan fingerprint density at radius 2 is 2.35 bits per heavy atom. The number of amides is 1. The topological polar surface area (TPSA) is 80.9 Å². The van der Waals surface area contributed by atoms with Gasteiger partial charge in [-0.2, -0.15) is 0 Å². The standard InChI is InChI=1S/C10H9BrN4OS/c1-5-4-17-10(14-5)15-9(16)6-2-8(12)13-3-7(6)11/h2-4H,1H3,(H2,12,13)(H,14,15,16). The van der Waals surface area contributed by atoms with Gasteiger partial charge < -0.3 is 5.73 Å². The smallest absolute Gasteiger partial charge is 0.258 e. The van der Waals surface area contributed by atoms with E-state index in [-0.39, 0.29) is 5.91 Å². The van der Waals surface area contributed by atoms with Gasteiger partial charge in [-0.1, -0.05) is 0 Å². The number of hydrogen-bond donors (Lipinski definition) is 2. The quantitative estimate of drug-likeness (QED) is 0.892. The van der Waals surface area contributed by atoms with Gasteiger partial charge in [-0.05, 0) is 28.9 Å². The number of anilines is 2. The molecule has 17 heavy (non-hydrogen) atoms. The highest BCUT2D eigenvalue weighted by Crippen LogP contribution is 2.20. The van der Waals surface area contributed by atoms with Gasteiger partial charge in [0.2, 0.25) is 0 Å². The number of rotatable bonds is 2. The molecule has 2 rings (SSSR count). The Kier molecular flexibility index (Phi) is 3.39. The van der Waals surface area contributed by atoms with Crippen molar-refractivity contribution >= 4 is 44.1 Å². The fraction of sp³-hybridized carbons (Fsp3) is 0.100. The summed E-state index contributed by atoms with van der Waals surface area (Å²) in [6, 6.07) is 1.51. The Labute approximate surface area is 110 Å². The lowest BCUT2D eigenvalue weighted by Crippen LogP contribution is -2.13. The second kappa shape index (κ2) is 4.80. The molecule has 0 atom stereocenters. The van der Waals surface area contributed by atoms with Crippen LogP contribution in [0.1, 0.15) is 16.1 Å². The summed E-state index contributed by atoms with van der Waals surface area (Å²) >= 11 is 4.63. The number of carbonyl (C=O) groups is 1. The van der Waals surface area contributed by atoms with E-state index < -0.39 is 0 Å². The largest absolute Gasteiger partial charge is 0.384 e. The second-order valence-electron chi connectivity index (χ2n) is 3.34. The third kappa shape index (κ3) is 2.80. The van der Waals surface area contributed by atoms with Gasteiger partial charge in [0.15, 0.2) is 5.13 Å². The van der Waals surface area contributed by atoms with Gasteiger partial charge in [0.05, 0.1) is 11.3 Å². The van der Waals surface area contributed by atoms with E-state index in [1.165, 1.54) is 23.6 Å².